The van der Waals surface area contributed by atoms with Gasteiger partial charge in [-0.15, -0.1) is 0 Å². The van der Waals surface area contributed by atoms with E-state index in [1.165, 1.54) is 29.5 Å². The number of hydrogen-bond donors (Lipinski definition) is 1. The van der Waals surface area contributed by atoms with E-state index in [-0.39, 0.29) is 6.04 Å². The van der Waals surface area contributed by atoms with Gasteiger partial charge in [-0.05, 0) is 56.4 Å². The lowest BCUT2D eigenvalue weighted by Crippen LogP contribution is -2.31. The van der Waals surface area contributed by atoms with Crippen molar-refractivity contribution >= 4 is 0 Å². The minimum Gasteiger partial charge on any atom is -0.493 e. The molecule has 3 heteroatoms. The fourth-order valence-electron chi connectivity index (χ4n) is 2.16. The van der Waals surface area contributed by atoms with Crippen LogP contribution in [0.3, 0.4) is 0 Å². The van der Waals surface area contributed by atoms with Crippen LogP contribution in [0.15, 0.2) is 12.1 Å². The van der Waals surface area contributed by atoms with Crippen LogP contribution in [-0.4, -0.2) is 18.7 Å². The third-order valence-corrected chi connectivity index (χ3v) is 3.60. The normalized spacial score (nSPS) is 15.9. The molecule has 0 aromatic heterocycles. The molecule has 1 aromatic carbocycles. The molecular formula is C16H22N2O. The van der Waals surface area contributed by atoms with Crippen LogP contribution in [0, 0.1) is 32.1 Å². The number of hydrogen-bond acceptors (Lipinski definition) is 3. The zero-order chi connectivity index (χ0) is 13.8. The first-order valence-corrected chi connectivity index (χ1v) is 6.96. The van der Waals surface area contributed by atoms with Crippen LogP contribution < -0.4 is 10.1 Å². The van der Waals surface area contributed by atoms with Gasteiger partial charge in [0, 0.05) is 12.5 Å². The maximum absolute atomic E-state index is 9.07. The number of nitriles is 1. The molecule has 1 saturated carbocycles. The van der Waals surface area contributed by atoms with Crippen molar-refractivity contribution in [1.82, 2.24) is 5.32 Å². The molecule has 1 fully saturated rings. The van der Waals surface area contributed by atoms with E-state index in [1.54, 1.807) is 0 Å². The van der Waals surface area contributed by atoms with E-state index in [4.69, 9.17) is 10.00 Å². The van der Waals surface area contributed by atoms with Crippen molar-refractivity contribution in [1.29, 1.82) is 5.26 Å². The molecule has 1 aromatic rings. The van der Waals surface area contributed by atoms with Crippen LogP contribution in [0.1, 0.15) is 36.0 Å². The SMILES string of the molecule is Cc1cc(C)c(C)c(OCCC(C#N)NC2CC2)c1. The number of rotatable bonds is 6. The van der Waals surface area contributed by atoms with Gasteiger partial charge in [-0.2, -0.15) is 5.26 Å². The quantitative estimate of drug-likeness (QED) is 0.853. The fraction of sp³-hybridized carbons (Fsp3) is 0.562. The Morgan fingerprint density at radius 2 is 2.11 bits per heavy atom. The van der Waals surface area contributed by atoms with Crippen molar-refractivity contribution in [2.75, 3.05) is 6.61 Å². The highest BCUT2D eigenvalue weighted by Gasteiger charge is 2.24. The Hall–Kier alpha value is -1.53. The molecule has 2 rings (SSSR count). The molecule has 0 bridgehead atoms. The Kier molecular flexibility index (Phi) is 4.44. The third-order valence-electron chi connectivity index (χ3n) is 3.60. The summed E-state index contributed by atoms with van der Waals surface area (Å²) in [5, 5.41) is 12.4. The monoisotopic (exact) mass is 258 g/mol. The summed E-state index contributed by atoms with van der Waals surface area (Å²) < 4.78 is 5.84. The minimum absolute atomic E-state index is 0.0845. The molecule has 1 N–H and O–H groups in total. The van der Waals surface area contributed by atoms with Crippen molar-refractivity contribution in [3.63, 3.8) is 0 Å². The van der Waals surface area contributed by atoms with Crippen LogP contribution in [0.25, 0.3) is 0 Å². The number of aryl methyl sites for hydroxylation is 2. The molecule has 0 aliphatic heterocycles. The highest BCUT2D eigenvalue weighted by molar-refractivity contribution is 5.41. The van der Waals surface area contributed by atoms with Gasteiger partial charge < -0.3 is 4.74 Å². The van der Waals surface area contributed by atoms with E-state index in [2.05, 4.69) is 44.3 Å². The first-order chi connectivity index (χ1) is 9.10. The number of nitrogens with zero attached hydrogens (tertiary/aromatic N) is 1. The van der Waals surface area contributed by atoms with Gasteiger partial charge in [0.1, 0.15) is 5.75 Å². The highest BCUT2D eigenvalue weighted by Crippen LogP contribution is 2.24. The van der Waals surface area contributed by atoms with E-state index >= 15 is 0 Å². The Morgan fingerprint density at radius 3 is 2.74 bits per heavy atom. The first-order valence-electron chi connectivity index (χ1n) is 6.96. The van der Waals surface area contributed by atoms with Crippen LogP contribution in [0.2, 0.25) is 0 Å². The van der Waals surface area contributed by atoms with E-state index in [1.807, 2.05) is 0 Å². The zero-order valence-corrected chi connectivity index (χ0v) is 12.0. The summed E-state index contributed by atoms with van der Waals surface area (Å²) in [5.74, 6) is 0.945. The summed E-state index contributed by atoms with van der Waals surface area (Å²) in [6.07, 6.45) is 3.14. The average Bonchev–Trinajstić information content (AvgIpc) is 3.17. The molecule has 0 saturated heterocycles. The maximum atomic E-state index is 9.07. The summed E-state index contributed by atoms with van der Waals surface area (Å²) in [5.41, 5.74) is 3.66. The fourth-order valence-corrected chi connectivity index (χ4v) is 2.16. The number of benzene rings is 1. The average molecular weight is 258 g/mol. The molecule has 1 atom stereocenters. The Labute approximate surface area is 115 Å². The van der Waals surface area contributed by atoms with E-state index < -0.39 is 0 Å². The Balaban J connectivity index is 1.86. The van der Waals surface area contributed by atoms with Gasteiger partial charge in [0.25, 0.3) is 0 Å². The van der Waals surface area contributed by atoms with Crippen LogP contribution >= 0.6 is 0 Å². The van der Waals surface area contributed by atoms with E-state index in [0.29, 0.717) is 12.6 Å². The van der Waals surface area contributed by atoms with Gasteiger partial charge >= 0.3 is 0 Å². The van der Waals surface area contributed by atoms with Crippen molar-refractivity contribution in [2.24, 2.45) is 0 Å². The van der Waals surface area contributed by atoms with Gasteiger partial charge in [-0.3, -0.25) is 5.32 Å². The second-order valence-electron chi connectivity index (χ2n) is 5.46. The van der Waals surface area contributed by atoms with Crippen LogP contribution in [-0.2, 0) is 0 Å². The zero-order valence-electron chi connectivity index (χ0n) is 12.0. The van der Waals surface area contributed by atoms with Gasteiger partial charge in [-0.1, -0.05) is 6.07 Å². The predicted molar refractivity (Wildman–Crippen MR) is 76.3 cm³/mol. The summed E-state index contributed by atoms with van der Waals surface area (Å²) >= 11 is 0. The molecule has 0 spiro atoms. The van der Waals surface area contributed by atoms with Crippen molar-refractivity contribution in [3.05, 3.63) is 28.8 Å². The van der Waals surface area contributed by atoms with Gasteiger partial charge in [0.2, 0.25) is 0 Å². The van der Waals surface area contributed by atoms with Crippen LogP contribution in [0.5, 0.6) is 5.75 Å². The lowest BCUT2D eigenvalue weighted by Gasteiger charge is -2.14. The molecule has 0 heterocycles. The van der Waals surface area contributed by atoms with E-state index in [9.17, 15) is 0 Å². The second-order valence-corrected chi connectivity index (χ2v) is 5.46. The maximum Gasteiger partial charge on any atom is 0.122 e. The molecule has 0 radical (unpaired) electrons. The predicted octanol–water partition coefficient (Wildman–Crippen LogP) is 3.02. The molecule has 0 amide bonds. The summed E-state index contributed by atoms with van der Waals surface area (Å²) in [6, 6.07) is 7.01. The Morgan fingerprint density at radius 1 is 1.37 bits per heavy atom. The smallest absolute Gasteiger partial charge is 0.122 e. The lowest BCUT2D eigenvalue weighted by atomic mass is 10.1. The van der Waals surface area contributed by atoms with Crippen molar-refractivity contribution < 1.29 is 4.74 Å². The highest BCUT2D eigenvalue weighted by atomic mass is 16.5. The molecule has 19 heavy (non-hydrogen) atoms. The largest absolute Gasteiger partial charge is 0.493 e. The Bertz CT molecular complexity index is 486. The summed E-state index contributed by atoms with van der Waals surface area (Å²) in [7, 11) is 0. The summed E-state index contributed by atoms with van der Waals surface area (Å²) in [4.78, 5) is 0. The molecule has 1 unspecified atom stereocenters. The minimum atomic E-state index is -0.0845. The third kappa shape index (κ3) is 3.97. The number of nitrogens with one attached hydrogen (secondary N) is 1. The van der Waals surface area contributed by atoms with Gasteiger partial charge in [0.15, 0.2) is 0 Å². The topological polar surface area (TPSA) is 45.0 Å². The van der Waals surface area contributed by atoms with E-state index in [0.717, 1.165) is 12.2 Å². The number of ether oxygens (including phenoxy) is 1. The van der Waals surface area contributed by atoms with Gasteiger partial charge in [-0.25, -0.2) is 0 Å². The molecule has 1 aliphatic carbocycles. The molecule has 3 nitrogen and oxygen atoms in total. The van der Waals surface area contributed by atoms with Crippen molar-refractivity contribution in [2.45, 2.75) is 52.1 Å². The lowest BCUT2D eigenvalue weighted by molar-refractivity contribution is 0.295. The second kappa shape index (κ2) is 6.08. The molecular weight excluding hydrogens is 236 g/mol. The molecule has 1 aliphatic rings. The first kappa shape index (κ1) is 13.9. The van der Waals surface area contributed by atoms with Crippen molar-refractivity contribution in [3.8, 4) is 11.8 Å². The molecule has 102 valence electrons. The summed E-state index contributed by atoms with van der Waals surface area (Å²) in [6.45, 7) is 6.84. The van der Waals surface area contributed by atoms with Gasteiger partial charge in [0.05, 0.1) is 18.7 Å². The van der Waals surface area contributed by atoms with Crippen LogP contribution in [0.4, 0.5) is 0 Å². The standard InChI is InChI=1S/C16H22N2O/c1-11-8-12(2)13(3)16(9-11)19-7-6-15(10-17)18-14-4-5-14/h8-9,14-15,18H,4-7H2,1-3H3.